The Hall–Kier alpha value is -1.78. The summed E-state index contributed by atoms with van der Waals surface area (Å²) in [6, 6.07) is 7.06. The van der Waals surface area contributed by atoms with Crippen LogP contribution in [0.15, 0.2) is 30.3 Å². The number of nitrogens with zero attached hydrogens (tertiary/aromatic N) is 1. The average molecular weight is 297 g/mol. The van der Waals surface area contributed by atoms with Gasteiger partial charge in [-0.1, -0.05) is 23.2 Å². The van der Waals surface area contributed by atoms with Crippen molar-refractivity contribution in [3.05, 3.63) is 46.2 Å². The Bertz CT molecular complexity index is 786. The van der Waals surface area contributed by atoms with Gasteiger partial charge in [-0.25, -0.2) is 9.37 Å². The van der Waals surface area contributed by atoms with Gasteiger partial charge in [0.05, 0.1) is 26.6 Å². The molecule has 0 bridgehead atoms. The predicted molar refractivity (Wildman–Crippen MR) is 73.2 cm³/mol. The van der Waals surface area contributed by atoms with Gasteiger partial charge < -0.3 is 10.1 Å². The maximum Gasteiger partial charge on any atom is 0.142 e. The van der Waals surface area contributed by atoms with Crippen LogP contribution in [0.25, 0.3) is 22.4 Å². The third-order valence-electron chi connectivity index (χ3n) is 2.74. The standard InChI is InChI=1S/C13H7Cl2FN2O/c14-8-4-7(12(19)5-9(8)15)13-17-10-2-1-6(16)3-11(10)18-13/h1-5,19H,(H,17,18). The first-order valence-corrected chi connectivity index (χ1v) is 6.14. The number of hydrogen-bond acceptors (Lipinski definition) is 2. The van der Waals surface area contributed by atoms with E-state index >= 15 is 0 Å². The summed E-state index contributed by atoms with van der Waals surface area (Å²) in [4.78, 5) is 7.20. The SMILES string of the molecule is Oc1cc(Cl)c(Cl)cc1-c1nc2ccc(F)cc2[nH]1. The fourth-order valence-electron chi connectivity index (χ4n) is 1.84. The number of aromatic amines is 1. The molecule has 0 fully saturated rings. The third kappa shape index (κ3) is 2.13. The molecule has 6 heteroatoms. The summed E-state index contributed by atoms with van der Waals surface area (Å²) in [5, 5.41) is 10.4. The third-order valence-corrected chi connectivity index (χ3v) is 3.46. The molecule has 3 rings (SSSR count). The predicted octanol–water partition coefficient (Wildman–Crippen LogP) is 4.38. The first-order valence-electron chi connectivity index (χ1n) is 5.38. The van der Waals surface area contributed by atoms with Crippen molar-refractivity contribution in [2.45, 2.75) is 0 Å². The Kier molecular flexibility index (Phi) is 2.84. The lowest BCUT2D eigenvalue weighted by molar-refractivity contribution is 0.477. The van der Waals surface area contributed by atoms with Crippen LogP contribution in [-0.4, -0.2) is 15.1 Å². The van der Waals surface area contributed by atoms with E-state index in [1.807, 2.05) is 0 Å². The van der Waals surface area contributed by atoms with Crippen LogP contribution < -0.4 is 0 Å². The fourth-order valence-corrected chi connectivity index (χ4v) is 2.16. The lowest BCUT2D eigenvalue weighted by Crippen LogP contribution is -1.82. The van der Waals surface area contributed by atoms with E-state index in [1.165, 1.54) is 24.3 Å². The minimum Gasteiger partial charge on any atom is -0.507 e. The maximum absolute atomic E-state index is 13.1. The number of fused-ring (bicyclic) bond motifs is 1. The molecule has 19 heavy (non-hydrogen) atoms. The van der Waals surface area contributed by atoms with Crippen LogP contribution in [0.5, 0.6) is 5.75 Å². The molecular formula is C13H7Cl2FN2O. The van der Waals surface area contributed by atoms with Gasteiger partial charge in [0.25, 0.3) is 0 Å². The summed E-state index contributed by atoms with van der Waals surface area (Å²) in [6.45, 7) is 0. The highest BCUT2D eigenvalue weighted by molar-refractivity contribution is 6.42. The molecule has 0 aliphatic carbocycles. The Morgan fingerprint density at radius 2 is 1.84 bits per heavy atom. The molecule has 1 heterocycles. The molecular weight excluding hydrogens is 290 g/mol. The molecule has 0 atom stereocenters. The number of rotatable bonds is 1. The molecule has 0 radical (unpaired) electrons. The van der Waals surface area contributed by atoms with Crippen LogP contribution >= 0.6 is 23.2 Å². The number of H-pyrrole nitrogens is 1. The van der Waals surface area contributed by atoms with E-state index in [2.05, 4.69) is 9.97 Å². The van der Waals surface area contributed by atoms with Gasteiger partial charge in [0.15, 0.2) is 0 Å². The second-order valence-corrected chi connectivity index (χ2v) is 4.84. The molecule has 0 saturated carbocycles. The van der Waals surface area contributed by atoms with Crippen LogP contribution in [0.1, 0.15) is 0 Å². The van der Waals surface area contributed by atoms with E-state index < -0.39 is 0 Å². The van der Waals surface area contributed by atoms with E-state index in [0.717, 1.165) is 0 Å². The molecule has 0 aliphatic heterocycles. The molecule has 0 saturated heterocycles. The highest BCUT2D eigenvalue weighted by Gasteiger charge is 2.12. The van der Waals surface area contributed by atoms with Gasteiger partial charge in [-0.3, -0.25) is 0 Å². The monoisotopic (exact) mass is 296 g/mol. The number of aromatic nitrogens is 2. The lowest BCUT2D eigenvalue weighted by Gasteiger charge is -2.03. The normalized spacial score (nSPS) is 11.1. The number of aromatic hydroxyl groups is 1. The Balaban J connectivity index is 2.21. The van der Waals surface area contributed by atoms with Gasteiger partial charge in [-0.05, 0) is 24.3 Å². The minimum atomic E-state index is -0.360. The van der Waals surface area contributed by atoms with Crippen LogP contribution in [-0.2, 0) is 0 Å². The second-order valence-electron chi connectivity index (χ2n) is 4.03. The summed E-state index contributed by atoms with van der Waals surface area (Å²) < 4.78 is 13.1. The van der Waals surface area contributed by atoms with Crippen molar-refractivity contribution < 1.29 is 9.50 Å². The zero-order chi connectivity index (χ0) is 13.6. The first-order chi connectivity index (χ1) is 9.04. The van der Waals surface area contributed by atoms with Crippen molar-refractivity contribution in [2.24, 2.45) is 0 Å². The first kappa shape index (κ1) is 12.3. The summed E-state index contributed by atoms with van der Waals surface area (Å²) in [7, 11) is 0. The Morgan fingerprint density at radius 1 is 1.11 bits per heavy atom. The molecule has 0 unspecified atom stereocenters. The van der Waals surface area contributed by atoms with Crippen molar-refractivity contribution in [2.75, 3.05) is 0 Å². The number of hydrogen-bond donors (Lipinski definition) is 2. The second kappa shape index (κ2) is 4.40. The number of imidazole rings is 1. The highest BCUT2D eigenvalue weighted by Crippen LogP contribution is 2.35. The van der Waals surface area contributed by atoms with E-state index in [0.29, 0.717) is 27.4 Å². The van der Waals surface area contributed by atoms with Gasteiger partial charge in [-0.15, -0.1) is 0 Å². The summed E-state index contributed by atoms with van der Waals surface area (Å²) in [6.07, 6.45) is 0. The largest absolute Gasteiger partial charge is 0.507 e. The van der Waals surface area contributed by atoms with Crippen molar-refractivity contribution in [3.8, 4) is 17.1 Å². The fraction of sp³-hybridized carbons (Fsp3) is 0. The summed E-state index contributed by atoms with van der Waals surface area (Å²) in [5.74, 6) is -0.00773. The van der Waals surface area contributed by atoms with Gasteiger partial charge in [0.1, 0.15) is 17.4 Å². The van der Waals surface area contributed by atoms with Crippen LogP contribution in [0, 0.1) is 5.82 Å². The number of benzene rings is 2. The van der Waals surface area contributed by atoms with E-state index in [4.69, 9.17) is 23.2 Å². The van der Waals surface area contributed by atoms with Crippen LogP contribution in [0.2, 0.25) is 10.0 Å². The number of nitrogens with one attached hydrogen (secondary N) is 1. The molecule has 0 aliphatic rings. The molecule has 2 aromatic carbocycles. The molecule has 2 N–H and O–H groups in total. The zero-order valence-corrected chi connectivity index (χ0v) is 10.9. The van der Waals surface area contributed by atoms with Crippen molar-refractivity contribution in [1.82, 2.24) is 9.97 Å². The number of halogens is 3. The van der Waals surface area contributed by atoms with Gasteiger partial charge >= 0.3 is 0 Å². The van der Waals surface area contributed by atoms with Gasteiger partial charge in [-0.2, -0.15) is 0 Å². The lowest BCUT2D eigenvalue weighted by atomic mass is 10.2. The summed E-state index contributed by atoms with van der Waals surface area (Å²) >= 11 is 11.7. The molecule has 1 aromatic heterocycles. The van der Waals surface area contributed by atoms with Crippen LogP contribution in [0.3, 0.4) is 0 Å². The van der Waals surface area contributed by atoms with Gasteiger partial charge in [0.2, 0.25) is 0 Å². The smallest absolute Gasteiger partial charge is 0.142 e. The topological polar surface area (TPSA) is 48.9 Å². The molecule has 3 aromatic rings. The van der Waals surface area contributed by atoms with E-state index in [1.54, 1.807) is 6.07 Å². The van der Waals surface area contributed by atoms with E-state index in [-0.39, 0.29) is 16.6 Å². The highest BCUT2D eigenvalue weighted by atomic mass is 35.5. The number of phenols is 1. The molecule has 3 nitrogen and oxygen atoms in total. The minimum absolute atomic E-state index is 0.0473. The molecule has 0 spiro atoms. The van der Waals surface area contributed by atoms with Gasteiger partial charge in [0, 0.05) is 6.07 Å². The zero-order valence-electron chi connectivity index (χ0n) is 9.42. The number of phenolic OH excluding ortho intramolecular Hbond substituents is 1. The molecule has 96 valence electrons. The quantitative estimate of drug-likeness (QED) is 0.700. The Labute approximate surface area is 117 Å². The molecule has 0 amide bonds. The van der Waals surface area contributed by atoms with Crippen molar-refractivity contribution in [1.29, 1.82) is 0 Å². The van der Waals surface area contributed by atoms with Crippen molar-refractivity contribution in [3.63, 3.8) is 0 Å². The Morgan fingerprint density at radius 3 is 2.63 bits per heavy atom. The average Bonchev–Trinajstić information content (AvgIpc) is 2.76. The summed E-state index contributed by atoms with van der Waals surface area (Å²) in [5.41, 5.74) is 1.55. The van der Waals surface area contributed by atoms with Crippen molar-refractivity contribution >= 4 is 34.2 Å². The van der Waals surface area contributed by atoms with E-state index in [9.17, 15) is 9.50 Å². The van der Waals surface area contributed by atoms with Crippen LogP contribution in [0.4, 0.5) is 4.39 Å². The maximum atomic E-state index is 13.1.